The average Bonchev–Trinajstić information content (AvgIpc) is 2.73. The molecule has 4 nitrogen and oxygen atoms in total. The normalized spacial score (nSPS) is 23.4. The number of ether oxygens (including phenoxy) is 1. The Bertz CT molecular complexity index is 772. The van der Waals surface area contributed by atoms with Gasteiger partial charge in [-0.1, -0.05) is 55.3 Å². The lowest BCUT2D eigenvalue weighted by Crippen LogP contribution is -2.50. The first kappa shape index (κ1) is 20.6. The van der Waals surface area contributed by atoms with Gasteiger partial charge in [0.05, 0.1) is 18.3 Å². The third-order valence-corrected chi connectivity index (χ3v) is 6.16. The molecule has 0 heterocycles. The zero-order chi connectivity index (χ0) is 20.1. The van der Waals surface area contributed by atoms with Gasteiger partial charge in [0.2, 0.25) is 0 Å². The van der Waals surface area contributed by atoms with Crippen LogP contribution in [0.25, 0.3) is 0 Å². The van der Waals surface area contributed by atoms with Crippen LogP contribution in [0.2, 0.25) is 0 Å². The molecular weight excluding hydrogens is 350 g/mol. The molecule has 0 amide bonds. The van der Waals surface area contributed by atoms with Crippen LogP contribution in [0.15, 0.2) is 54.6 Å². The summed E-state index contributed by atoms with van der Waals surface area (Å²) in [6.07, 6.45) is 4.78. The molecule has 3 atom stereocenters. The second-order valence-corrected chi connectivity index (χ2v) is 8.07. The van der Waals surface area contributed by atoms with E-state index in [0.717, 1.165) is 37.7 Å². The lowest BCUT2D eigenvalue weighted by molar-refractivity contribution is -0.0825. The number of rotatable bonds is 6. The van der Waals surface area contributed by atoms with E-state index in [-0.39, 0.29) is 17.9 Å². The molecule has 4 heteroatoms. The van der Waals surface area contributed by atoms with Gasteiger partial charge in [-0.2, -0.15) is 0 Å². The van der Waals surface area contributed by atoms with Gasteiger partial charge in [0, 0.05) is 12.0 Å². The second kappa shape index (κ2) is 8.89. The topological polar surface area (TPSA) is 49.8 Å². The number of hydrogen-bond acceptors (Lipinski definition) is 4. The molecule has 3 unspecified atom stereocenters. The molecule has 3 rings (SSSR count). The third kappa shape index (κ3) is 4.29. The van der Waals surface area contributed by atoms with E-state index in [9.17, 15) is 9.90 Å². The van der Waals surface area contributed by atoms with Crippen LogP contribution in [0, 0.1) is 5.92 Å². The van der Waals surface area contributed by atoms with Gasteiger partial charge in [0.1, 0.15) is 0 Å². The van der Waals surface area contributed by atoms with Crippen molar-refractivity contribution in [2.45, 2.75) is 43.7 Å². The molecule has 2 aromatic carbocycles. The fourth-order valence-electron chi connectivity index (χ4n) is 4.61. The second-order valence-electron chi connectivity index (χ2n) is 8.07. The van der Waals surface area contributed by atoms with E-state index in [1.807, 2.05) is 18.2 Å². The molecule has 28 heavy (non-hydrogen) atoms. The van der Waals surface area contributed by atoms with Crippen molar-refractivity contribution in [3.63, 3.8) is 0 Å². The lowest BCUT2D eigenvalue weighted by atomic mass is 9.67. The lowest BCUT2D eigenvalue weighted by Gasteiger charge is -2.46. The van der Waals surface area contributed by atoms with Crippen molar-refractivity contribution >= 4 is 5.97 Å². The van der Waals surface area contributed by atoms with Crippen molar-refractivity contribution in [1.29, 1.82) is 0 Å². The third-order valence-electron chi connectivity index (χ3n) is 6.16. The zero-order valence-electron chi connectivity index (χ0n) is 17.1. The van der Waals surface area contributed by atoms with Crippen LogP contribution in [-0.2, 0) is 16.8 Å². The molecule has 0 radical (unpaired) electrons. The van der Waals surface area contributed by atoms with Gasteiger partial charge in [-0.25, -0.2) is 4.79 Å². The summed E-state index contributed by atoms with van der Waals surface area (Å²) in [5.74, 6) is -0.227. The molecule has 2 aromatic rings. The summed E-state index contributed by atoms with van der Waals surface area (Å²) in [6, 6.07) is 18.0. The Morgan fingerprint density at radius 1 is 1.14 bits per heavy atom. The largest absolute Gasteiger partial charge is 0.465 e. The Kier molecular flexibility index (Phi) is 6.53. The molecular formula is C24H31NO3. The van der Waals surface area contributed by atoms with Gasteiger partial charge >= 0.3 is 5.97 Å². The Morgan fingerprint density at radius 2 is 1.82 bits per heavy atom. The molecule has 0 aromatic heterocycles. The smallest absolute Gasteiger partial charge is 0.337 e. The predicted octanol–water partition coefficient (Wildman–Crippen LogP) is 4.02. The summed E-state index contributed by atoms with van der Waals surface area (Å²) < 4.78 is 4.80. The minimum atomic E-state index is -0.892. The summed E-state index contributed by atoms with van der Waals surface area (Å²) in [6.45, 7) is 0. The van der Waals surface area contributed by atoms with Gasteiger partial charge < -0.3 is 14.7 Å². The van der Waals surface area contributed by atoms with Gasteiger partial charge in [-0.15, -0.1) is 0 Å². The first-order valence-corrected chi connectivity index (χ1v) is 10.1. The average molecular weight is 382 g/mol. The fraction of sp³-hybridized carbons (Fsp3) is 0.458. The Balaban J connectivity index is 1.91. The number of esters is 1. The first-order valence-electron chi connectivity index (χ1n) is 10.1. The van der Waals surface area contributed by atoms with Gasteiger partial charge in [-0.3, -0.25) is 0 Å². The van der Waals surface area contributed by atoms with E-state index in [4.69, 9.17) is 4.74 Å². The van der Waals surface area contributed by atoms with Crippen LogP contribution in [0.5, 0.6) is 0 Å². The van der Waals surface area contributed by atoms with Gasteiger partial charge in [0.15, 0.2) is 0 Å². The van der Waals surface area contributed by atoms with E-state index >= 15 is 0 Å². The monoisotopic (exact) mass is 381 g/mol. The molecule has 1 N–H and O–H groups in total. The van der Waals surface area contributed by atoms with E-state index in [0.29, 0.717) is 5.56 Å². The zero-order valence-corrected chi connectivity index (χ0v) is 17.1. The van der Waals surface area contributed by atoms with Crippen molar-refractivity contribution in [1.82, 2.24) is 4.90 Å². The minimum absolute atomic E-state index is 0.125. The van der Waals surface area contributed by atoms with E-state index in [1.54, 1.807) is 12.1 Å². The van der Waals surface area contributed by atoms with E-state index in [1.165, 1.54) is 12.7 Å². The van der Waals surface area contributed by atoms with Gasteiger partial charge in [-0.05, 0) is 56.6 Å². The highest BCUT2D eigenvalue weighted by atomic mass is 16.5. The molecule has 1 aliphatic rings. The maximum Gasteiger partial charge on any atom is 0.337 e. The quantitative estimate of drug-likeness (QED) is 0.768. The SMILES string of the molecule is COC(=O)c1ccc(C2(O)CCCCC2C(Cc2ccccc2)N(C)C)cc1. The van der Waals surface area contributed by atoms with Crippen LogP contribution in [0.3, 0.4) is 0 Å². The van der Waals surface area contributed by atoms with E-state index < -0.39 is 5.60 Å². The standard InChI is InChI=1S/C24H31NO3/c1-25(2)22(17-18-9-5-4-6-10-18)21-11-7-8-16-24(21,27)20-14-12-19(13-15-20)23(26)28-3/h4-6,9-10,12-15,21-22,27H,7-8,11,16-17H2,1-3H3. The highest BCUT2D eigenvalue weighted by Gasteiger charge is 2.45. The maximum atomic E-state index is 11.8. The number of benzene rings is 2. The summed E-state index contributed by atoms with van der Waals surface area (Å²) >= 11 is 0. The van der Waals surface area contributed by atoms with Crippen molar-refractivity contribution in [3.05, 3.63) is 71.3 Å². The molecule has 0 spiro atoms. The predicted molar refractivity (Wildman–Crippen MR) is 111 cm³/mol. The van der Waals surface area contributed by atoms with Crippen LogP contribution in [0.1, 0.15) is 47.2 Å². The number of nitrogens with zero attached hydrogens (tertiary/aromatic N) is 1. The number of carbonyl (C=O) groups is 1. The fourth-order valence-corrected chi connectivity index (χ4v) is 4.61. The number of likely N-dealkylation sites (N-methyl/N-ethyl adjacent to an activating group) is 1. The molecule has 1 fully saturated rings. The maximum absolute atomic E-state index is 11.8. The minimum Gasteiger partial charge on any atom is -0.465 e. The number of aliphatic hydroxyl groups is 1. The Morgan fingerprint density at radius 3 is 2.43 bits per heavy atom. The van der Waals surface area contributed by atoms with Gasteiger partial charge in [0.25, 0.3) is 0 Å². The number of hydrogen-bond donors (Lipinski definition) is 1. The molecule has 1 aliphatic carbocycles. The first-order chi connectivity index (χ1) is 13.5. The van der Waals surface area contributed by atoms with Crippen molar-refractivity contribution in [2.24, 2.45) is 5.92 Å². The van der Waals surface area contributed by atoms with Crippen LogP contribution >= 0.6 is 0 Å². The molecule has 0 saturated heterocycles. The van der Waals surface area contributed by atoms with Crippen LogP contribution < -0.4 is 0 Å². The molecule has 150 valence electrons. The van der Waals surface area contributed by atoms with Crippen molar-refractivity contribution < 1.29 is 14.6 Å². The van der Waals surface area contributed by atoms with E-state index in [2.05, 4.69) is 43.3 Å². The number of carbonyl (C=O) groups excluding carboxylic acids is 1. The van der Waals surface area contributed by atoms with Crippen LogP contribution in [0.4, 0.5) is 0 Å². The molecule has 0 aliphatic heterocycles. The summed E-state index contributed by atoms with van der Waals surface area (Å²) in [7, 11) is 5.58. The van der Waals surface area contributed by atoms with Crippen molar-refractivity contribution in [3.8, 4) is 0 Å². The number of methoxy groups -OCH3 is 1. The summed E-state index contributed by atoms with van der Waals surface area (Å²) in [5, 5.41) is 11.8. The molecule has 1 saturated carbocycles. The summed E-state index contributed by atoms with van der Waals surface area (Å²) in [5.41, 5.74) is 1.80. The van der Waals surface area contributed by atoms with Crippen LogP contribution in [-0.4, -0.2) is 43.2 Å². The Hall–Kier alpha value is -2.17. The van der Waals surface area contributed by atoms with Crippen molar-refractivity contribution in [2.75, 3.05) is 21.2 Å². The summed E-state index contributed by atoms with van der Waals surface area (Å²) in [4.78, 5) is 14.0. The highest BCUT2D eigenvalue weighted by molar-refractivity contribution is 5.89. The highest BCUT2D eigenvalue weighted by Crippen LogP contribution is 2.45. The Labute approximate surface area is 168 Å². The molecule has 0 bridgehead atoms.